The quantitative estimate of drug-likeness (QED) is 0.786. The van der Waals surface area contributed by atoms with Crippen LogP contribution >= 0.6 is 0 Å². The molecule has 17 heavy (non-hydrogen) atoms. The van der Waals surface area contributed by atoms with E-state index in [0.717, 1.165) is 6.42 Å². The van der Waals surface area contributed by atoms with Crippen molar-refractivity contribution < 1.29 is 18.3 Å². The van der Waals surface area contributed by atoms with Gasteiger partial charge in [0.1, 0.15) is 0 Å². The van der Waals surface area contributed by atoms with Gasteiger partial charge >= 0.3 is 5.97 Å². The number of nitrogens with zero attached hydrogens (tertiary/aromatic N) is 1. The summed E-state index contributed by atoms with van der Waals surface area (Å²) < 4.78 is 22.6. The highest BCUT2D eigenvalue weighted by atomic mass is 32.2. The first-order valence-electron chi connectivity index (χ1n) is 5.95. The molecule has 1 atom stereocenters. The van der Waals surface area contributed by atoms with Gasteiger partial charge in [0.25, 0.3) is 0 Å². The highest BCUT2D eigenvalue weighted by molar-refractivity contribution is 7.91. The van der Waals surface area contributed by atoms with E-state index < -0.39 is 21.2 Å². The predicted molar refractivity (Wildman–Crippen MR) is 65.7 cm³/mol. The Morgan fingerprint density at radius 1 is 1.35 bits per heavy atom. The van der Waals surface area contributed by atoms with Crippen molar-refractivity contribution in [3.63, 3.8) is 0 Å². The Morgan fingerprint density at radius 3 is 2.29 bits per heavy atom. The summed E-state index contributed by atoms with van der Waals surface area (Å²) in [4.78, 5) is 13.2. The minimum atomic E-state index is -2.89. The fraction of sp³-hybridized carbons (Fsp3) is 0.909. The lowest BCUT2D eigenvalue weighted by Crippen LogP contribution is -2.47. The zero-order chi connectivity index (χ0) is 13.1. The molecule has 1 saturated heterocycles. The van der Waals surface area contributed by atoms with E-state index in [2.05, 4.69) is 0 Å². The molecule has 1 heterocycles. The maximum atomic E-state index is 11.3. The maximum absolute atomic E-state index is 11.3. The molecule has 1 rings (SSSR count). The van der Waals surface area contributed by atoms with E-state index in [1.165, 1.54) is 0 Å². The van der Waals surface area contributed by atoms with Crippen molar-refractivity contribution in [1.29, 1.82) is 0 Å². The number of hydrogen-bond acceptors (Lipinski definition) is 4. The average molecular weight is 263 g/mol. The van der Waals surface area contributed by atoms with Crippen molar-refractivity contribution in [3.8, 4) is 0 Å². The number of carboxylic acids is 1. The molecule has 0 aliphatic carbocycles. The van der Waals surface area contributed by atoms with Crippen LogP contribution in [0.1, 0.15) is 26.7 Å². The van der Waals surface area contributed by atoms with Crippen molar-refractivity contribution in [2.45, 2.75) is 26.7 Å². The van der Waals surface area contributed by atoms with Crippen LogP contribution in [0.2, 0.25) is 0 Å². The highest BCUT2D eigenvalue weighted by Crippen LogP contribution is 2.25. The van der Waals surface area contributed by atoms with E-state index in [9.17, 15) is 18.3 Å². The van der Waals surface area contributed by atoms with Gasteiger partial charge in [-0.1, -0.05) is 13.3 Å². The van der Waals surface area contributed by atoms with Crippen LogP contribution in [0.5, 0.6) is 0 Å². The molecule has 1 N–H and O–H groups in total. The third-order valence-corrected chi connectivity index (χ3v) is 4.94. The van der Waals surface area contributed by atoms with E-state index in [1.54, 1.807) is 6.92 Å². The van der Waals surface area contributed by atoms with Crippen molar-refractivity contribution in [3.05, 3.63) is 0 Å². The Labute approximate surface area is 103 Å². The lowest BCUT2D eigenvalue weighted by atomic mass is 9.85. The molecule has 100 valence electrons. The van der Waals surface area contributed by atoms with Gasteiger partial charge in [0.15, 0.2) is 9.84 Å². The summed E-state index contributed by atoms with van der Waals surface area (Å²) in [6.07, 6.45) is 1.43. The first kappa shape index (κ1) is 14.4. The molecule has 1 fully saturated rings. The second kappa shape index (κ2) is 5.35. The molecule has 0 saturated carbocycles. The standard InChI is InChI=1S/C11H21NO4S/c1-3-4-11(2,10(13)14)9-12-5-7-17(15,16)8-6-12/h3-9H2,1-2H3,(H,13,14). The van der Waals surface area contributed by atoms with Gasteiger partial charge < -0.3 is 10.0 Å². The Bertz CT molecular complexity index is 365. The molecule has 1 unspecified atom stereocenters. The molecule has 0 aromatic rings. The lowest BCUT2D eigenvalue weighted by Gasteiger charge is -2.34. The van der Waals surface area contributed by atoms with Gasteiger partial charge in [0.2, 0.25) is 0 Å². The summed E-state index contributed by atoms with van der Waals surface area (Å²) in [7, 11) is -2.89. The Morgan fingerprint density at radius 2 is 1.88 bits per heavy atom. The van der Waals surface area contributed by atoms with Gasteiger partial charge in [-0.2, -0.15) is 0 Å². The monoisotopic (exact) mass is 263 g/mol. The molecule has 6 heteroatoms. The van der Waals surface area contributed by atoms with Gasteiger partial charge in [-0.3, -0.25) is 4.79 Å². The molecule has 0 radical (unpaired) electrons. The van der Waals surface area contributed by atoms with Crippen LogP contribution in [0.3, 0.4) is 0 Å². The van der Waals surface area contributed by atoms with Crippen LogP contribution in [0, 0.1) is 5.41 Å². The fourth-order valence-electron chi connectivity index (χ4n) is 2.21. The molecular weight excluding hydrogens is 242 g/mol. The molecule has 0 bridgehead atoms. The van der Waals surface area contributed by atoms with Crippen molar-refractivity contribution >= 4 is 15.8 Å². The summed E-state index contributed by atoms with van der Waals surface area (Å²) in [6.45, 7) is 5.04. The molecule has 1 aliphatic rings. The van der Waals surface area contributed by atoms with E-state index in [4.69, 9.17) is 0 Å². The molecule has 0 aromatic heterocycles. The zero-order valence-electron chi connectivity index (χ0n) is 10.5. The minimum Gasteiger partial charge on any atom is -0.481 e. The van der Waals surface area contributed by atoms with Crippen LogP contribution in [-0.2, 0) is 14.6 Å². The van der Waals surface area contributed by atoms with E-state index in [-0.39, 0.29) is 11.5 Å². The van der Waals surface area contributed by atoms with Crippen molar-refractivity contribution in [2.75, 3.05) is 31.1 Å². The van der Waals surface area contributed by atoms with Crippen molar-refractivity contribution in [1.82, 2.24) is 4.90 Å². The number of carbonyl (C=O) groups is 1. The lowest BCUT2D eigenvalue weighted by molar-refractivity contribution is -0.149. The van der Waals surface area contributed by atoms with Gasteiger partial charge in [-0.15, -0.1) is 0 Å². The van der Waals surface area contributed by atoms with E-state index in [0.29, 0.717) is 26.1 Å². The van der Waals surface area contributed by atoms with Gasteiger partial charge in [-0.05, 0) is 13.3 Å². The smallest absolute Gasteiger partial charge is 0.310 e. The number of rotatable bonds is 5. The second-order valence-corrected chi connectivity index (χ2v) is 7.35. The summed E-state index contributed by atoms with van der Waals surface area (Å²) >= 11 is 0. The van der Waals surface area contributed by atoms with Crippen LogP contribution < -0.4 is 0 Å². The van der Waals surface area contributed by atoms with Crippen LogP contribution in [0.4, 0.5) is 0 Å². The highest BCUT2D eigenvalue weighted by Gasteiger charge is 2.35. The third-order valence-electron chi connectivity index (χ3n) is 3.33. The van der Waals surface area contributed by atoms with Crippen LogP contribution in [0.25, 0.3) is 0 Å². The molecule has 0 aromatic carbocycles. The summed E-state index contributed by atoms with van der Waals surface area (Å²) in [5, 5.41) is 9.25. The molecule has 5 nitrogen and oxygen atoms in total. The number of aliphatic carboxylic acids is 1. The second-order valence-electron chi connectivity index (χ2n) is 5.04. The molecule has 1 aliphatic heterocycles. The Hall–Kier alpha value is -0.620. The molecule has 0 amide bonds. The fourth-order valence-corrected chi connectivity index (χ4v) is 3.48. The third kappa shape index (κ3) is 3.96. The topological polar surface area (TPSA) is 74.7 Å². The minimum absolute atomic E-state index is 0.148. The first-order chi connectivity index (χ1) is 7.79. The normalized spacial score (nSPS) is 24.1. The summed E-state index contributed by atoms with van der Waals surface area (Å²) in [6, 6.07) is 0. The number of hydrogen-bond donors (Lipinski definition) is 1. The first-order valence-corrected chi connectivity index (χ1v) is 7.77. The SMILES string of the molecule is CCCC(C)(CN1CCS(=O)(=O)CC1)C(=O)O. The average Bonchev–Trinajstić information content (AvgIpc) is 2.21. The Kier molecular flexibility index (Phi) is 4.55. The van der Waals surface area contributed by atoms with Crippen LogP contribution in [-0.4, -0.2) is 55.5 Å². The predicted octanol–water partition coefficient (Wildman–Crippen LogP) is 0.608. The summed E-state index contributed by atoms with van der Waals surface area (Å²) in [5.41, 5.74) is -0.768. The van der Waals surface area contributed by atoms with E-state index >= 15 is 0 Å². The molecule has 0 spiro atoms. The van der Waals surface area contributed by atoms with Crippen molar-refractivity contribution in [2.24, 2.45) is 5.41 Å². The van der Waals surface area contributed by atoms with Gasteiger partial charge in [-0.25, -0.2) is 8.42 Å². The van der Waals surface area contributed by atoms with Gasteiger partial charge in [0, 0.05) is 19.6 Å². The number of sulfone groups is 1. The zero-order valence-corrected chi connectivity index (χ0v) is 11.3. The maximum Gasteiger partial charge on any atom is 0.310 e. The largest absolute Gasteiger partial charge is 0.481 e. The molecular formula is C11H21NO4S. The number of carboxylic acid groups (broad SMARTS) is 1. The summed E-state index contributed by atoms with van der Waals surface area (Å²) in [5.74, 6) is -0.503. The van der Waals surface area contributed by atoms with Gasteiger partial charge in [0.05, 0.1) is 16.9 Å². The van der Waals surface area contributed by atoms with Crippen LogP contribution in [0.15, 0.2) is 0 Å². The Balaban J connectivity index is 2.61. The van der Waals surface area contributed by atoms with E-state index in [1.807, 2.05) is 11.8 Å².